The molecule has 0 unspecified atom stereocenters. The number of aryl methyl sites for hydroxylation is 2. The van der Waals surface area contributed by atoms with E-state index in [1.165, 1.54) is 4.88 Å². The Morgan fingerprint density at radius 2 is 1.90 bits per heavy atom. The number of carbonyl (C=O) groups is 1. The number of guanidine groups is 1. The van der Waals surface area contributed by atoms with E-state index in [2.05, 4.69) is 32.4 Å². The summed E-state index contributed by atoms with van der Waals surface area (Å²) in [7, 11) is 1.78. The van der Waals surface area contributed by atoms with Crippen LogP contribution in [0.3, 0.4) is 0 Å². The summed E-state index contributed by atoms with van der Waals surface area (Å²) in [4.78, 5) is 26.4. The third kappa shape index (κ3) is 8.18. The lowest BCUT2D eigenvalue weighted by atomic mass is 10.2. The van der Waals surface area contributed by atoms with Crippen molar-refractivity contribution in [3.8, 4) is 0 Å². The summed E-state index contributed by atoms with van der Waals surface area (Å²) in [6.07, 6.45) is 0.808. The van der Waals surface area contributed by atoms with E-state index in [9.17, 15) is 4.79 Å². The normalized spacial score (nSPS) is 16.1. The minimum absolute atomic E-state index is 0.209. The number of hydrogen-bond acceptors (Lipinski definition) is 6. The molecule has 1 aromatic heterocycles. The molecule has 0 saturated carbocycles. The van der Waals surface area contributed by atoms with Crippen LogP contribution in [0.5, 0.6) is 0 Å². The van der Waals surface area contributed by atoms with Gasteiger partial charge in [-0.1, -0.05) is 0 Å². The molecule has 2 N–H and O–H groups in total. The van der Waals surface area contributed by atoms with Crippen LogP contribution >= 0.6 is 11.3 Å². The largest absolute Gasteiger partial charge is 0.444 e. The van der Waals surface area contributed by atoms with Gasteiger partial charge in [-0.2, -0.15) is 0 Å². The molecular weight excluding hydrogens is 388 g/mol. The fraction of sp³-hybridized carbons (Fsp3) is 0.750. The highest BCUT2D eigenvalue weighted by molar-refractivity contribution is 7.11. The van der Waals surface area contributed by atoms with Gasteiger partial charge in [0.05, 0.1) is 12.2 Å². The lowest BCUT2D eigenvalue weighted by Gasteiger charge is -2.35. The third-order valence-electron chi connectivity index (χ3n) is 4.67. The second-order valence-electron chi connectivity index (χ2n) is 8.26. The predicted molar refractivity (Wildman–Crippen MR) is 119 cm³/mol. The summed E-state index contributed by atoms with van der Waals surface area (Å²) in [5.41, 5.74) is 0.658. The van der Waals surface area contributed by atoms with Gasteiger partial charge in [0, 0.05) is 44.6 Å². The number of hydrogen-bond donors (Lipinski definition) is 2. The Hall–Kier alpha value is -1.87. The number of nitrogens with zero attached hydrogens (tertiary/aromatic N) is 4. The van der Waals surface area contributed by atoms with Crippen molar-refractivity contribution in [2.45, 2.75) is 53.2 Å². The average Bonchev–Trinajstić information content (AvgIpc) is 2.98. The molecule has 164 valence electrons. The fourth-order valence-corrected chi connectivity index (χ4v) is 3.86. The number of ether oxygens (including phenoxy) is 1. The van der Waals surface area contributed by atoms with E-state index in [1.807, 2.05) is 27.7 Å². The Balaban J connectivity index is 1.60. The number of nitrogens with one attached hydrogen (secondary N) is 2. The topological polar surface area (TPSA) is 82.1 Å². The molecule has 0 aliphatic carbocycles. The molecule has 0 radical (unpaired) electrons. The van der Waals surface area contributed by atoms with Crippen LogP contribution in [-0.2, 0) is 11.3 Å². The highest BCUT2D eigenvalue weighted by atomic mass is 32.1. The molecule has 0 atom stereocenters. The quantitative estimate of drug-likeness (QED) is 0.414. The smallest absolute Gasteiger partial charge is 0.410 e. The first-order valence-electron chi connectivity index (χ1n) is 10.3. The molecule has 1 amide bonds. The number of carbonyl (C=O) groups excluding carboxylic acids is 1. The standard InChI is InChI=1S/C20H36N6O2S/c1-15-16(2)29-17(24-15)14-23-18(21-6)22-8-7-9-25-10-12-26(13-11-25)19(27)28-20(3,4)5/h7-14H2,1-6H3,(H2,21,22,23). The highest BCUT2D eigenvalue weighted by Gasteiger charge is 2.25. The molecular formula is C20H36N6O2S. The van der Waals surface area contributed by atoms with Crippen LogP contribution < -0.4 is 10.6 Å². The Kier molecular flexibility index (Phi) is 8.70. The van der Waals surface area contributed by atoms with Gasteiger partial charge in [-0.25, -0.2) is 9.78 Å². The van der Waals surface area contributed by atoms with E-state index in [-0.39, 0.29) is 6.09 Å². The van der Waals surface area contributed by atoms with Crippen LogP contribution in [0.1, 0.15) is 42.8 Å². The number of thiazole rings is 1. The van der Waals surface area contributed by atoms with Gasteiger partial charge < -0.3 is 20.3 Å². The first kappa shape index (κ1) is 23.4. The Labute approximate surface area is 178 Å². The zero-order valence-corrected chi connectivity index (χ0v) is 19.5. The summed E-state index contributed by atoms with van der Waals surface area (Å²) >= 11 is 1.72. The zero-order valence-electron chi connectivity index (χ0n) is 18.7. The van der Waals surface area contributed by atoms with Crippen molar-refractivity contribution in [3.63, 3.8) is 0 Å². The summed E-state index contributed by atoms with van der Waals surface area (Å²) < 4.78 is 5.45. The molecule has 29 heavy (non-hydrogen) atoms. The fourth-order valence-electron chi connectivity index (χ4n) is 2.98. The minimum atomic E-state index is -0.441. The van der Waals surface area contributed by atoms with E-state index >= 15 is 0 Å². The SMILES string of the molecule is CN=C(NCCCN1CCN(C(=O)OC(C)(C)C)CC1)NCc1nc(C)c(C)s1. The maximum absolute atomic E-state index is 12.1. The van der Waals surface area contributed by atoms with Gasteiger partial charge in [0.1, 0.15) is 10.6 Å². The van der Waals surface area contributed by atoms with E-state index in [1.54, 1.807) is 23.3 Å². The van der Waals surface area contributed by atoms with Gasteiger partial charge >= 0.3 is 6.09 Å². The van der Waals surface area contributed by atoms with E-state index in [0.29, 0.717) is 6.54 Å². The van der Waals surface area contributed by atoms with E-state index in [4.69, 9.17) is 4.74 Å². The van der Waals surface area contributed by atoms with Gasteiger partial charge in [0.15, 0.2) is 5.96 Å². The lowest BCUT2D eigenvalue weighted by molar-refractivity contribution is 0.0145. The van der Waals surface area contributed by atoms with Crippen molar-refractivity contribution >= 4 is 23.4 Å². The van der Waals surface area contributed by atoms with Crippen LogP contribution in [0, 0.1) is 13.8 Å². The zero-order chi connectivity index (χ0) is 21.4. The van der Waals surface area contributed by atoms with Crippen molar-refractivity contribution in [1.82, 2.24) is 25.4 Å². The summed E-state index contributed by atoms with van der Waals surface area (Å²) in [6, 6.07) is 0. The summed E-state index contributed by atoms with van der Waals surface area (Å²) in [5.74, 6) is 0.797. The van der Waals surface area contributed by atoms with Crippen molar-refractivity contribution in [2.75, 3.05) is 46.3 Å². The van der Waals surface area contributed by atoms with Gasteiger partial charge in [-0.3, -0.25) is 9.89 Å². The average molecular weight is 425 g/mol. The van der Waals surface area contributed by atoms with Crippen molar-refractivity contribution in [3.05, 3.63) is 15.6 Å². The Bertz CT molecular complexity index is 670. The molecule has 0 aromatic carbocycles. The van der Waals surface area contributed by atoms with Crippen molar-refractivity contribution in [2.24, 2.45) is 4.99 Å². The minimum Gasteiger partial charge on any atom is -0.444 e. The Morgan fingerprint density at radius 3 is 2.45 bits per heavy atom. The predicted octanol–water partition coefficient (Wildman–Crippen LogP) is 2.37. The maximum Gasteiger partial charge on any atom is 0.410 e. The molecule has 1 aliphatic rings. The first-order chi connectivity index (χ1) is 13.7. The molecule has 1 saturated heterocycles. The third-order valence-corrected chi connectivity index (χ3v) is 5.74. The van der Waals surface area contributed by atoms with E-state index in [0.717, 1.165) is 62.4 Å². The van der Waals surface area contributed by atoms with Crippen LogP contribution in [0.25, 0.3) is 0 Å². The molecule has 1 aliphatic heterocycles. The van der Waals surface area contributed by atoms with Gasteiger partial charge in [-0.15, -0.1) is 11.3 Å². The molecule has 0 bridgehead atoms. The van der Waals surface area contributed by atoms with Gasteiger partial charge in [0.25, 0.3) is 0 Å². The van der Waals surface area contributed by atoms with Crippen molar-refractivity contribution < 1.29 is 9.53 Å². The van der Waals surface area contributed by atoms with Crippen LogP contribution in [0.4, 0.5) is 4.79 Å². The van der Waals surface area contributed by atoms with E-state index < -0.39 is 5.60 Å². The highest BCUT2D eigenvalue weighted by Crippen LogP contribution is 2.16. The van der Waals surface area contributed by atoms with Gasteiger partial charge in [0.2, 0.25) is 0 Å². The number of amides is 1. The van der Waals surface area contributed by atoms with Gasteiger partial charge in [-0.05, 0) is 47.6 Å². The number of aliphatic imine (C=N–C) groups is 1. The molecule has 9 heteroatoms. The van der Waals surface area contributed by atoms with Crippen LogP contribution in [-0.4, -0.2) is 78.8 Å². The summed E-state index contributed by atoms with van der Waals surface area (Å²) in [5, 5.41) is 7.75. The number of piperazine rings is 1. The second kappa shape index (κ2) is 10.8. The number of rotatable bonds is 6. The molecule has 1 fully saturated rings. The van der Waals surface area contributed by atoms with Crippen LogP contribution in [0.15, 0.2) is 4.99 Å². The lowest BCUT2D eigenvalue weighted by Crippen LogP contribution is -2.50. The Morgan fingerprint density at radius 1 is 1.21 bits per heavy atom. The number of aromatic nitrogens is 1. The molecule has 1 aromatic rings. The molecule has 2 rings (SSSR count). The monoisotopic (exact) mass is 424 g/mol. The summed E-state index contributed by atoms with van der Waals surface area (Å²) in [6.45, 7) is 15.6. The molecule has 0 spiro atoms. The maximum atomic E-state index is 12.1. The second-order valence-corrected chi connectivity index (χ2v) is 9.55. The van der Waals surface area contributed by atoms with Crippen LogP contribution in [0.2, 0.25) is 0 Å². The molecule has 2 heterocycles. The first-order valence-corrected chi connectivity index (χ1v) is 11.1. The molecule has 8 nitrogen and oxygen atoms in total. The van der Waals surface area contributed by atoms with Crippen molar-refractivity contribution in [1.29, 1.82) is 0 Å².